The molecule has 1 heteroatoms. The zero-order valence-electron chi connectivity index (χ0n) is 11.0. The van der Waals surface area contributed by atoms with E-state index in [2.05, 4.69) is 33.4 Å². The number of hydrogen-bond donors (Lipinski definition) is 1. The molecular weight excluding hydrogens is 200 g/mol. The smallest absolute Gasteiger partial charge is 0.00979 e. The van der Waals surface area contributed by atoms with E-state index in [0.717, 1.165) is 5.75 Å². The van der Waals surface area contributed by atoms with Crippen LogP contribution in [0.1, 0.15) is 78.6 Å². The van der Waals surface area contributed by atoms with Crippen molar-refractivity contribution in [2.45, 2.75) is 78.6 Å². The van der Waals surface area contributed by atoms with E-state index < -0.39 is 0 Å². The molecule has 0 aliphatic carbocycles. The Morgan fingerprint density at radius 2 is 1.07 bits per heavy atom. The van der Waals surface area contributed by atoms with Crippen LogP contribution in [0.5, 0.6) is 0 Å². The Morgan fingerprint density at radius 1 is 0.667 bits per heavy atom. The maximum Gasteiger partial charge on any atom is -0.00979 e. The minimum absolute atomic E-state index is 0.534. The summed E-state index contributed by atoms with van der Waals surface area (Å²) in [5.41, 5.74) is 0.534. The third-order valence-corrected chi connectivity index (χ3v) is 3.15. The van der Waals surface area contributed by atoms with E-state index in [1.807, 2.05) is 0 Å². The average Bonchev–Trinajstić information content (AvgIpc) is 2.14. The molecule has 0 heterocycles. The third kappa shape index (κ3) is 14.4. The molecule has 0 aromatic rings. The molecule has 0 atom stereocenters. The van der Waals surface area contributed by atoms with Crippen molar-refractivity contribution in [3.8, 4) is 0 Å². The summed E-state index contributed by atoms with van der Waals surface area (Å²) in [6.45, 7) is 7.01. The lowest BCUT2D eigenvalue weighted by Gasteiger charge is -2.17. The first-order valence-corrected chi connectivity index (χ1v) is 7.30. The fraction of sp³-hybridized carbons (Fsp3) is 1.00. The maximum absolute atomic E-state index is 4.22. The van der Waals surface area contributed by atoms with Crippen molar-refractivity contribution in [2.24, 2.45) is 5.41 Å². The summed E-state index contributed by atoms with van der Waals surface area (Å²) < 4.78 is 0. The number of thiol groups is 1. The Balaban J connectivity index is 2.99. The summed E-state index contributed by atoms with van der Waals surface area (Å²) in [6.07, 6.45) is 12.6. The van der Waals surface area contributed by atoms with Crippen molar-refractivity contribution in [3.63, 3.8) is 0 Å². The van der Waals surface area contributed by atoms with Gasteiger partial charge in [0.2, 0.25) is 0 Å². The third-order valence-electron chi connectivity index (χ3n) is 2.83. The van der Waals surface area contributed by atoms with Crippen LogP contribution >= 0.6 is 12.6 Å². The molecule has 0 spiro atoms. The van der Waals surface area contributed by atoms with Gasteiger partial charge in [0.25, 0.3) is 0 Å². The number of rotatable bonds is 9. The van der Waals surface area contributed by atoms with Crippen molar-refractivity contribution in [3.05, 3.63) is 0 Å². The van der Waals surface area contributed by atoms with Crippen LogP contribution in [0.2, 0.25) is 0 Å². The Kier molecular flexibility index (Phi) is 9.79. The zero-order chi connectivity index (χ0) is 11.6. The van der Waals surface area contributed by atoms with Crippen LogP contribution < -0.4 is 0 Å². The molecule has 92 valence electrons. The van der Waals surface area contributed by atoms with Gasteiger partial charge in [-0.2, -0.15) is 12.6 Å². The van der Waals surface area contributed by atoms with Gasteiger partial charge in [-0.05, 0) is 24.0 Å². The molecule has 0 N–H and O–H groups in total. The van der Waals surface area contributed by atoms with Crippen LogP contribution in [0, 0.1) is 5.41 Å². The zero-order valence-corrected chi connectivity index (χ0v) is 11.9. The Hall–Kier alpha value is 0.350. The highest BCUT2D eigenvalue weighted by molar-refractivity contribution is 7.80. The summed E-state index contributed by atoms with van der Waals surface area (Å²) in [4.78, 5) is 0. The Morgan fingerprint density at radius 3 is 1.47 bits per heavy atom. The second kappa shape index (κ2) is 9.57. The van der Waals surface area contributed by atoms with E-state index >= 15 is 0 Å². The Labute approximate surface area is 103 Å². The van der Waals surface area contributed by atoms with E-state index in [9.17, 15) is 0 Å². The summed E-state index contributed by atoms with van der Waals surface area (Å²) in [5, 5.41) is 0. The van der Waals surface area contributed by atoms with Crippen LogP contribution in [0.4, 0.5) is 0 Å². The fourth-order valence-corrected chi connectivity index (χ4v) is 2.05. The monoisotopic (exact) mass is 230 g/mol. The predicted octanol–water partition coefficient (Wildman–Crippen LogP) is 5.47. The van der Waals surface area contributed by atoms with E-state index in [1.165, 1.54) is 57.8 Å². The highest BCUT2D eigenvalue weighted by Gasteiger charge is 2.08. The van der Waals surface area contributed by atoms with Gasteiger partial charge in [0.05, 0.1) is 0 Å². The maximum atomic E-state index is 4.22. The van der Waals surface area contributed by atoms with Gasteiger partial charge in [-0.1, -0.05) is 65.7 Å². The van der Waals surface area contributed by atoms with Gasteiger partial charge in [0.1, 0.15) is 0 Å². The molecule has 0 aliphatic heterocycles. The molecule has 0 bridgehead atoms. The lowest BCUT2D eigenvalue weighted by molar-refractivity contribution is 0.356. The van der Waals surface area contributed by atoms with Gasteiger partial charge in [-0.15, -0.1) is 0 Å². The normalized spacial score (nSPS) is 12.0. The van der Waals surface area contributed by atoms with Gasteiger partial charge in [0, 0.05) is 0 Å². The van der Waals surface area contributed by atoms with Gasteiger partial charge >= 0.3 is 0 Å². The minimum Gasteiger partial charge on any atom is -0.179 e. The molecule has 0 unspecified atom stereocenters. The molecule has 0 saturated carbocycles. The second-order valence-corrected chi connectivity index (χ2v) is 6.31. The van der Waals surface area contributed by atoms with Crippen molar-refractivity contribution in [2.75, 3.05) is 5.75 Å². The molecule has 0 rings (SSSR count). The van der Waals surface area contributed by atoms with Gasteiger partial charge in [-0.3, -0.25) is 0 Å². The van der Waals surface area contributed by atoms with E-state index in [1.54, 1.807) is 0 Å². The van der Waals surface area contributed by atoms with E-state index in [4.69, 9.17) is 0 Å². The van der Waals surface area contributed by atoms with Crippen LogP contribution in [0.15, 0.2) is 0 Å². The number of hydrogen-bond acceptors (Lipinski definition) is 1. The van der Waals surface area contributed by atoms with E-state index in [-0.39, 0.29) is 0 Å². The highest BCUT2D eigenvalue weighted by atomic mass is 32.1. The van der Waals surface area contributed by atoms with Gasteiger partial charge < -0.3 is 0 Å². The largest absolute Gasteiger partial charge is 0.179 e. The van der Waals surface area contributed by atoms with Crippen molar-refractivity contribution < 1.29 is 0 Å². The molecule has 0 saturated heterocycles. The predicted molar refractivity (Wildman–Crippen MR) is 74.9 cm³/mol. The average molecular weight is 230 g/mol. The number of unbranched alkanes of at least 4 members (excludes halogenated alkanes) is 7. The lowest BCUT2D eigenvalue weighted by Crippen LogP contribution is -2.03. The molecular formula is C14H30S. The molecule has 0 radical (unpaired) electrons. The molecule has 0 aliphatic rings. The highest BCUT2D eigenvalue weighted by Crippen LogP contribution is 2.22. The van der Waals surface area contributed by atoms with Crippen LogP contribution in [-0.2, 0) is 0 Å². The SMILES string of the molecule is CC(C)(C)CCCCCCCCCCS. The summed E-state index contributed by atoms with van der Waals surface area (Å²) in [5.74, 6) is 1.06. The van der Waals surface area contributed by atoms with E-state index in [0.29, 0.717) is 5.41 Å². The fourth-order valence-electron chi connectivity index (χ4n) is 1.83. The van der Waals surface area contributed by atoms with Crippen LogP contribution in [-0.4, -0.2) is 5.75 Å². The second-order valence-electron chi connectivity index (χ2n) is 5.86. The standard InChI is InChI=1S/C14H30S/c1-14(2,3)12-10-8-6-4-5-7-9-11-13-15/h15H,4-13H2,1-3H3. The molecule has 0 fully saturated rings. The molecule has 0 aromatic carbocycles. The van der Waals surface area contributed by atoms with Crippen molar-refractivity contribution in [1.29, 1.82) is 0 Å². The first-order chi connectivity index (χ1) is 7.06. The lowest BCUT2D eigenvalue weighted by atomic mass is 9.89. The molecule has 0 aromatic heterocycles. The summed E-state index contributed by atoms with van der Waals surface area (Å²) in [7, 11) is 0. The summed E-state index contributed by atoms with van der Waals surface area (Å²) >= 11 is 4.22. The topological polar surface area (TPSA) is 0 Å². The molecule has 0 nitrogen and oxygen atoms in total. The van der Waals surface area contributed by atoms with Crippen molar-refractivity contribution >= 4 is 12.6 Å². The minimum atomic E-state index is 0.534. The van der Waals surface area contributed by atoms with Crippen LogP contribution in [0.25, 0.3) is 0 Å². The van der Waals surface area contributed by atoms with Crippen LogP contribution in [0.3, 0.4) is 0 Å². The van der Waals surface area contributed by atoms with Crippen molar-refractivity contribution in [1.82, 2.24) is 0 Å². The summed E-state index contributed by atoms with van der Waals surface area (Å²) in [6, 6.07) is 0. The van der Waals surface area contributed by atoms with Gasteiger partial charge in [0.15, 0.2) is 0 Å². The molecule has 15 heavy (non-hydrogen) atoms. The Bertz CT molecular complexity index is 124. The first-order valence-electron chi connectivity index (χ1n) is 6.67. The quantitative estimate of drug-likeness (QED) is 0.394. The first kappa shape index (κ1) is 15.3. The van der Waals surface area contributed by atoms with Gasteiger partial charge in [-0.25, -0.2) is 0 Å². The molecule has 0 amide bonds.